The van der Waals surface area contributed by atoms with Crippen molar-refractivity contribution >= 4 is 12.3 Å². The SMILES string of the molecule is C[C@@]1(CC=O)OC(C(F)(F)F)(C(F)(F)F)OC1=O. The lowest BCUT2D eigenvalue weighted by atomic mass is 10.0. The largest absolute Gasteiger partial charge is 0.465 e. The average Bonchev–Trinajstić information content (AvgIpc) is 2.39. The summed E-state index contributed by atoms with van der Waals surface area (Å²) in [5.41, 5.74) is -2.62. The Morgan fingerprint density at radius 3 is 1.89 bits per heavy atom. The maximum atomic E-state index is 12.5. The van der Waals surface area contributed by atoms with Crippen LogP contribution in [0.3, 0.4) is 0 Å². The lowest BCUT2D eigenvalue weighted by Crippen LogP contribution is -2.58. The van der Waals surface area contributed by atoms with Crippen molar-refractivity contribution in [1.82, 2.24) is 0 Å². The summed E-state index contributed by atoms with van der Waals surface area (Å²) in [5, 5.41) is 0. The molecule has 0 aliphatic carbocycles. The maximum Gasteiger partial charge on any atom is 0.465 e. The topological polar surface area (TPSA) is 52.6 Å². The number of halogens is 6. The van der Waals surface area contributed by atoms with Crippen molar-refractivity contribution < 1.29 is 45.4 Å². The Morgan fingerprint density at radius 1 is 1.17 bits per heavy atom. The quantitative estimate of drug-likeness (QED) is 0.439. The molecule has 0 N–H and O–H groups in total. The number of ether oxygens (including phenoxy) is 2. The molecule has 1 heterocycles. The van der Waals surface area contributed by atoms with Gasteiger partial charge in [0, 0.05) is 6.42 Å². The highest BCUT2D eigenvalue weighted by molar-refractivity contribution is 5.84. The second-order valence-corrected chi connectivity index (χ2v) is 3.71. The highest BCUT2D eigenvalue weighted by atomic mass is 19.4. The number of alkyl halides is 6. The Kier molecular flexibility index (Phi) is 3.14. The third kappa shape index (κ3) is 1.93. The molecule has 1 aliphatic heterocycles. The number of cyclic esters (lactones) is 1. The van der Waals surface area contributed by atoms with Crippen molar-refractivity contribution in [2.45, 2.75) is 37.1 Å². The summed E-state index contributed by atoms with van der Waals surface area (Å²) in [7, 11) is 0. The zero-order valence-corrected chi connectivity index (χ0v) is 8.69. The van der Waals surface area contributed by atoms with E-state index in [1.165, 1.54) is 0 Å². The molecule has 18 heavy (non-hydrogen) atoms. The molecule has 1 aliphatic rings. The van der Waals surface area contributed by atoms with Crippen LogP contribution < -0.4 is 0 Å². The van der Waals surface area contributed by atoms with E-state index in [0.29, 0.717) is 6.92 Å². The first kappa shape index (κ1) is 14.7. The van der Waals surface area contributed by atoms with E-state index in [1.54, 1.807) is 0 Å². The van der Waals surface area contributed by atoms with Crippen LogP contribution >= 0.6 is 0 Å². The van der Waals surface area contributed by atoms with Crippen molar-refractivity contribution in [1.29, 1.82) is 0 Å². The molecule has 0 amide bonds. The van der Waals surface area contributed by atoms with E-state index in [1.807, 2.05) is 0 Å². The van der Waals surface area contributed by atoms with Crippen LogP contribution in [0.2, 0.25) is 0 Å². The average molecular weight is 280 g/mol. The summed E-state index contributed by atoms with van der Waals surface area (Å²) < 4.78 is 81.9. The first-order valence-electron chi connectivity index (χ1n) is 4.40. The molecule has 4 nitrogen and oxygen atoms in total. The molecule has 0 radical (unpaired) electrons. The number of hydrogen-bond acceptors (Lipinski definition) is 4. The lowest BCUT2D eigenvalue weighted by Gasteiger charge is -2.31. The van der Waals surface area contributed by atoms with Gasteiger partial charge in [-0.05, 0) is 6.92 Å². The molecule has 1 atom stereocenters. The fourth-order valence-electron chi connectivity index (χ4n) is 1.29. The highest BCUT2D eigenvalue weighted by Crippen LogP contribution is 2.53. The van der Waals surface area contributed by atoms with Crippen molar-refractivity contribution in [3.63, 3.8) is 0 Å². The Balaban J connectivity index is 3.28. The van der Waals surface area contributed by atoms with Gasteiger partial charge in [-0.1, -0.05) is 0 Å². The third-order valence-electron chi connectivity index (χ3n) is 2.26. The maximum absolute atomic E-state index is 12.5. The third-order valence-corrected chi connectivity index (χ3v) is 2.26. The molecule has 10 heteroatoms. The Bertz CT molecular complexity index is 359. The minimum Gasteiger partial charge on any atom is -0.414 e. The Morgan fingerprint density at radius 2 is 1.61 bits per heavy atom. The molecular formula is C8H6F6O4. The first-order valence-corrected chi connectivity index (χ1v) is 4.40. The smallest absolute Gasteiger partial charge is 0.414 e. The van der Waals surface area contributed by atoms with Gasteiger partial charge in [0.05, 0.1) is 0 Å². The van der Waals surface area contributed by atoms with Crippen molar-refractivity contribution in [3.05, 3.63) is 0 Å². The Hall–Kier alpha value is -1.32. The van der Waals surface area contributed by atoms with E-state index < -0.39 is 36.1 Å². The predicted molar refractivity (Wildman–Crippen MR) is 41.1 cm³/mol. The van der Waals surface area contributed by atoms with Crippen LogP contribution in [-0.4, -0.2) is 36.0 Å². The van der Waals surface area contributed by atoms with Gasteiger partial charge in [0.25, 0.3) is 0 Å². The molecule has 0 unspecified atom stereocenters. The van der Waals surface area contributed by atoms with Gasteiger partial charge in [0.1, 0.15) is 6.29 Å². The van der Waals surface area contributed by atoms with Crippen LogP contribution in [0, 0.1) is 0 Å². The summed E-state index contributed by atoms with van der Waals surface area (Å²) in [5.74, 6) is -6.93. The zero-order chi connectivity index (χ0) is 14.4. The molecule has 0 bridgehead atoms. The summed E-state index contributed by atoms with van der Waals surface area (Å²) in [4.78, 5) is 21.3. The van der Waals surface area contributed by atoms with Crippen molar-refractivity contribution in [2.75, 3.05) is 0 Å². The van der Waals surface area contributed by atoms with Crippen LogP contribution in [0.1, 0.15) is 13.3 Å². The summed E-state index contributed by atoms with van der Waals surface area (Å²) in [6.45, 7) is 0.614. The Labute approximate surface area is 95.8 Å². The number of hydrogen-bond donors (Lipinski definition) is 0. The molecule has 104 valence electrons. The van der Waals surface area contributed by atoms with E-state index in [-0.39, 0.29) is 6.29 Å². The standard InChI is InChI=1S/C8H6F6O4/c1-5(2-3-15)4(16)17-6(18-5,7(9,10)11)8(12,13)14/h3H,2H2,1H3/t5-/m0/s1. The molecule has 0 aromatic rings. The van der Waals surface area contributed by atoms with Gasteiger partial charge in [0.15, 0.2) is 5.60 Å². The summed E-state index contributed by atoms with van der Waals surface area (Å²) in [6.07, 6.45) is -13.0. The van der Waals surface area contributed by atoms with E-state index >= 15 is 0 Å². The normalized spacial score (nSPS) is 28.1. The molecule has 1 saturated heterocycles. The molecule has 1 rings (SSSR count). The van der Waals surface area contributed by atoms with Crippen LogP contribution in [0.15, 0.2) is 0 Å². The number of aldehydes is 1. The number of esters is 1. The molecule has 0 aromatic carbocycles. The van der Waals surface area contributed by atoms with E-state index in [2.05, 4.69) is 9.47 Å². The van der Waals surface area contributed by atoms with E-state index in [9.17, 15) is 35.9 Å². The fourth-order valence-corrected chi connectivity index (χ4v) is 1.29. The fraction of sp³-hybridized carbons (Fsp3) is 0.750. The molecular weight excluding hydrogens is 274 g/mol. The van der Waals surface area contributed by atoms with Gasteiger partial charge < -0.3 is 14.3 Å². The second kappa shape index (κ2) is 3.84. The number of rotatable bonds is 2. The molecule has 1 fully saturated rings. The van der Waals surface area contributed by atoms with Crippen molar-refractivity contribution in [2.24, 2.45) is 0 Å². The van der Waals surface area contributed by atoms with Gasteiger partial charge in [0.2, 0.25) is 0 Å². The minimum atomic E-state index is -6.01. The van der Waals surface area contributed by atoms with Gasteiger partial charge >= 0.3 is 24.1 Å². The van der Waals surface area contributed by atoms with Crippen LogP contribution in [0.25, 0.3) is 0 Å². The molecule has 0 saturated carbocycles. The summed E-state index contributed by atoms with van der Waals surface area (Å²) >= 11 is 0. The second-order valence-electron chi connectivity index (χ2n) is 3.71. The van der Waals surface area contributed by atoms with Gasteiger partial charge in [-0.25, -0.2) is 4.79 Å². The van der Waals surface area contributed by atoms with Crippen LogP contribution in [0.5, 0.6) is 0 Å². The first-order chi connectivity index (χ1) is 7.90. The van der Waals surface area contributed by atoms with E-state index in [4.69, 9.17) is 0 Å². The minimum absolute atomic E-state index is 0.0376. The van der Waals surface area contributed by atoms with Gasteiger partial charge in [-0.2, -0.15) is 26.3 Å². The van der Waals surface area contributed by atoms with Crippen LogP contribution in [-0.2, 0) is 19.1 Å². The predicted octanol–water partition coefficient (Wildman–Crippen LogP) is 1.73. The monoisotopic (exact) mass is 280 g/mol. The molecule has 0 spiro atoms. The highest BCUT2D eigenvalue weighted by Gasteiger charge is 2.82. The zero-order valence-electron chi connectivity index (χ0n) is 8.69. The lowest BCUT2D eigenvalue weighted by molar-refractivity contribution is -0.444. The summed E-state index contributed by atoms with van der Waals surface area (Å²) in [6, 6.07) is 0. The molecule has 0 aromatic heterocycles. The van der Waals surface area contributed by atoms with Crippen LogP contribution in [0.4, 0.5) is 26.3 Å². The van der Waals surface area contributed by atoms with Gasteiger partial charge in [-0.15, -0.1) is 0 Å². The van der Waals surface area contributed by atoms with Gasteiger partial charge in [-0.3, -0.25) is 0 Å². The number of carbonyl (C=O) groups excluding carboxylic acids is 2. The van der Waals surface area contributed by atoms with E-state index in [0.717, 1.165) is 0 Å². The number of carbonyl (C=O) groups is 2. The van der Waals surface area contributed by atoms with Crippen molar-refractivity contribution in [3.8, 4) is 0 Å².